The fourth-order valence-corrected chi connectivity index (χ4v) is 5.88. The Bertz CT molecular complexity index is 1110. The first-order valence-electron chi connectivity index (χ1n) is 11.2. The molecule has 2 aromatic rings. The number of fused-ring (bicyclic) bond motifs is 1. The Morgan fingerprint density at radius 3 is 2.66 bits per heavy atom. The van der Waals surface area contributed by atoms with E-state index in [1.165, 1.54) is 9.87 Å². The van der Waals surface area contributed by atoms with Crippen LogP contribution >= 0.6 is 0 Å². The van der Waals surface area contributed by atoms with Crippen LogP contribution in [0.4, 0.5) is 11.4 Å². The van der Waals surface area contributed by atoms with Gasteiger partial charge < -0.3 is 10.6 Å². The van der Waals surface area contributed by atoms with E-state index in [0.717, 1.165) is 17.7 Å². The highest BCUT2D eigenvalue weighted by atomic mass is 32.2. The lowest BCUT2D eigenvalue weighted by atomic mass is 9.98. The van der Waals surface area contributed by atoms with Gasteiger partial charge in [-0.1, -0.05) is 19.1 Å². The number of hydrogen-bond donors (Lipinski definition) is 2. The molecule has 2 N–H and O–H groups in total. The summed E-state index contributed by atoms with van der Waals surface area (Å²) in [5, 5.41) is 5.76. The summed E-state index contributed by atoms with van der Waals surface area (Å²) >= 11 is 0. The molecule has 2 aromatic carbocycles. The van der Waals surface area contributed by atoms with E-state index in [0.29, 0.717) is 44.3 Å². The minimum atomic E-state index is -3.73. The predicted molar refractivity (Wildman–Crippen MR) is 124 cm³/mol. The van der Waals surface area contributed by atoms with E-state index in [4.69, 9.17) is 0 Å². The second kappa shape index (κ2) is 9.42. The van der Waals surface area contributed by atoms with Gasteiger partial charge >= 0.3 is 0 Å². The molecule has 1 atom stereocenters. The number of sulfonamides is 1. The van der Waals surface area contributed by atoms with Gasteiger partial charge in [0.25, 0.3) is 0 Å². The Morgan fingerprint density at radius 1 is 1.12 bits per heavy atom. The summed E-state index contributed by atoms with van der Waals surface area (Å²) < 4.78 is 28.1. The molecule has 8 heteroatoms. The molecule has 32 heavy (non-hydrogen) atoms. The molecule has 1 fully saturated rings. The molecule has 2 aliphatic heterocycles. The van der Waals surface area contributed by atoms with E-state index in [9.17, 15) is 18.0 Å². The van der Waals surface area contributed by atoms with E-state index in [2.05, 4.69) is 17.6 Å². The van der Waals surface area contributed by atoms with Crippen molar-refractivity contribution in [2.24, 2.45) is 5.92 Å². The molecule has 0 unspecified atom stereocenters. The minimum absolute atomic E-state index is 0.0476. The van der Waals surface area contributed by atoms with Crippen LogP contribution < -0.4 is 10.6 Å². The van der Waals surface area contributed by atoms with Crippen LogP contribution in [0.15, 0.2) is 47.4 Å². The summed E-state index contributed by atoms with van der Waals surface area (Å²) in [6.45, 7) is 2.63. The number of nitrogens with zero attached hydrogens (tertiary/aromatic N) is 1. The summed E-state index contributed by atoms with van der Waals surface area (Å²) in [5.74, 6) is -0.600. The second-order valence-corrected chi connectivity index (χ2v) is 10.4. The first-order chi connectivity index (χ1) is 15.4. The number of amides is 2. The van der Waals surface area contributed by atoms with Gasteiger partial charge in [-0.25, -0.2) is 8.42 Å². The third-order valence-corrected chi connectivity index (χ3v) is 8.08. The zero-order valence-electron chi connectivity index (χ0n) is 18.3. The van der Waals surface area contributed by atoms with E-state index in [1.54, 1.807) is 18.2 Å². The van der Waals surface area contributed by atoms with Gasteiger partial charge in [0.2, 0.25) is 21.8 Å². The Morgan fingerprint density at radius 2 is 1.91 bits per heavy atom. The number of rotatable bonds is 5. The van der Waals surface area contributed by atoms with Crippen molar-refractivity contribution in [3.05, 3.63) is 53.6 Å². The zero-order chi connectivity index (χ0) is 22.7. The van der Waals surface area contributed by atoms with E-state index in [1.807, 2.05) is 24.3 Å². The summed E-state index contributed by atoms with van der Waals surface area (Å²) in [6, 6.07) is 12.6. The van der Waals surface area contributed by atoms with Gasteiger partial charge in [0.05, 0.1) is 10.8 Å². The van der Waals surface area contributed by atoms with Crippen molar-refractivity contribution in [3.8, 4) is 0 Å². The molecule has 0 saturated carbocycles. The molecule has 7 nitrogen and oxygen atoms in total. The number of anilines is 2. The van der Waals surface area contributed by atoms with Crippen LogP contribution in [-0.2, 0) is 32.5 Å². The maximum Gasteiger partial charge on any atom is 0.243 e. The Hall–Kier alpha value is -2.71. The van der Waals surface area contributed by atoms with Crippen molar-refractivity contribution >= 4 is 33.2 Å². The van der Waals surface area contributed by atoms with Crippen molar-refractivity contribution in [2.45, 2.75) is 50.3 Å². The van der Waals surface area contributed by atoms with Gasteiger partial charge in [-0.2, -0.15) is 4.31 Å². The Balaban J connectivity index is 1.47. The monoisotopic (exact) mass is 455 g/mol. The SMILES string of the molecule is CCc1ccc(NC(=O)[C@@H]2CCCN(S(=O)(=O)c3ccc4c(c3)CCCC(=O)N4)C2)cc1. The normalized spacial score (nSPS) is 19.5. The van der Waals surface area contributed by atoms with E-state index >= 15 is 0 Å². The summed E-state index contributed by atoms with van der Waals surface area (Å²) in [5.41, 5.74) is 3.42. The van der Waals surface area contributed by atoms with Gasteiger partial charge in [-0.15, -0.1) is 0 Å². The van der Waals surface area contributed by atoms with Gasteiger partial charge in [0.15, 0.2) is 0 Å². The summed E-state index contributed by atoms with van der Waals surface area (Å²) in [7, 11) is -3.73. The highest BCUT2D eigenvalue weighted by Crippen LogP contribution is 2.29. The first kappa shape index (κ1) is 22.5. The van der Waals surface area contributed by atoms with Crippen molar-refractivity contribution in [1.29, 1.82) is 0 Å². The number of benzene rings is 2. The fourth-order valence-electron chi connectivity index (χ4n) is 4.30. The van der Waals surface area contributed by atoms with Gasteiger partial charge in [0, 0.05) is 30.9 Å². The third-order valence-electron chi connectivity index (χ3n) is 6.22. The van der Waals surface area contributed by atoms with Crippen LogP contribution in [-0.4, -0.2) is 37.6 Å². The number of carbonyl (C=O) groups is 2. The molecule has 4 rings (SSSR count). The van der Waals surface area contributed by atoms with Gasteiger partial charge in [-0.3, -0.25) is 9.59 Å². The Labute approximate surface area is 189 Å². The second-order valence-electron chi connectivity index (χ2n) is 8.46. The molecule has 0 spiro atoms. The largest absolute Gasteiger partial charge is 0.326 e. The van der Waals surface area contributed by atoms with Crippen LogP contribution in [0.25, 0.3) is 0 Å². The number of aryl methyl sites for hydroxylation is 2. The minimum Gasteiger partial charge on any atom is -0.326 e. The standard InChI is InChI=1S/C24H29N3O4S/c1-2-17-8-10-20(11-9-17)25-24(29)19-6-4-14-27(16-19)32(30,31)21-12-13-22-18(15-21)5-3-7-23(28)26-22/h8-13,15,19H,2-7,14,16H2,1H3,(H,25,29)(H,26,28)/t19-/m1/s1. The van der Waals surface area contributed by atoms with Crippen molar-refractivity contribution in [3.63, 3.8) is 0 Å². The Kier molecular flexibility index (Phi) is 6.62. The molecule has 0 radical (unpaired) electrons. The van der Waals surface area contributed by atoms with Crippen molar-refractivity contribution < 1.29 is 18.0 Å². The molecule has 1 saturated heterocycles. The first-order valence-corrected chi connectivity index (χ1v) is 12.6. The number of nitrogens with one attached hydrogen (secondary N) is 2. The number of carbonyl (C=O) groups excluding carboxylic acids is 2. The fraction of sp³-hybridized carbons (Fsp3) is 0.417. The molecule has 2 heterocycles. The number of hydrogen-bond acceptors (Lipinski definition) is 4. The van der Waals surface area contributed by atoms with E-state index < -0.39 is 15.9 Å². The third kappa shape index (κ3) is 4.86. The smallest absolute Gasteiger partial charge is 0.243 e. The topological polar surface area (TPSA) is 95.6 Å². The van der Waals surface area contributed by atoms with Crippen molar-refractivity contribution in [2.75, 3.05) is 23.7 Å². The predicted octanol–water partition coefficient (Wildman–Crippen LogP) is 3.56. The van der Waals surface area contributed by atoms with Crippen molar-refractivity contribution in [1.82, 2.24) is 4.31 Å². The maximum atomic E-state index is 13.3. The van der Waals surface area contributed by atoms with Crippen LogP contribution in [0.5, 0.6) is 0 Å². The lowest BCUT2D eigenvalue weighted by Crippen LogP contribution is -2.43. The highest BCUT2D eigenvalue weighted by molar-refractivity contribution is 7.89. The van der Waals surface area contributed by atoms with Gasteiger partial charge in [0.1, 0.15) is 0 Å². The summed E-state index contributed by atoms with van der Waals surface area (Å²) in [6.07, 6.45) is 3.99. The lowest BCUT2D eigenvalue weighted by molar-refractivity contribution is -0.121. The van der Waals surface area contributed by atoms with Gasteiger partial charge in [-0.05, 0) is 73.6 Å². The molecule has 0 bridgehead atoms. The molecule has 170 valence electrons. The highest BCUT2D eigenvalue weighted by Gasteiger charge is 2.33. The summed E-state index contributed by atoms with van der Waals surface area (Å²) in [4.78, 5) is 24.8. The molecule has 0 aliphatic carbocycles. The molecular formula is C24H29N3O4S. The van der Waals surface area contributed by atoms with Crippen LogP contribution in [0.2, 0.25) is 0 Å². The quantitative estimate of drug-likeness (QED) is 0.721. The maximum absolute atomic E-state index is 13.3. The molecule has 0 aromatic heterocycles. The van der Waals surface area contributed by atoms with Crippen LogP contribution in [0.1, 0.15) is 43.7 Å². The average molecular weight is 456 g/mol. The molecule has 2 amide bonds. The van der Waals surface area contributed by atoms with E-state index in [-0.39, 0.29) is 23.3 Å². The zero-order valence-corrected chi connectivity index (χ0v) is 19.1. The van der Waals surface area contributed by atoms with Crippen LogP contribution in [0, 0.1) is 5.92 Å². The molecular weight excluding hydrogens is 426 g/mol. The molecule has 2 aliphatic rings. The lowest BCUT2D eigenvalue weighted by Gasteiger charge is -2.31. The van der Waals surface area contributed by atoms with Crippen LogP contribution in [0.3, 0.4) is 0 Å². The number of piperidine rings is 1. The average Bonchev–Trinajstić information content (AvgIpc) is 2.99.